The monoisotopic (exact) mass is 702 g/mol. The van der Waals surface area contributed by atoms with E-state index in [1.165, 1.54) is 65.6 Å². The van der Waals surface area contributed by atoms with Gasteiger partial charge in [-0.25, -0.2) is 0 Å². The molecule has 0 saturated carbocycles. The fourth-order valence-corrected chi connectivity index (χ4v) is 6.61. The molecule has 0 aromatic heterocycles. The molecule has 7 rings (SSSR count). The SMILES string of the molecule is O=C([O-])CN1C(=O)c2ccc(N3C(=O)c4ccccc4C34c3ccc(NCC(F)(F)F)cc3Oc3cc(NCC(F)(F)F)ccc34)cc2C1=O.[Li+]. The van der Waals surface area contributed by atoms with Crippen molar-refractivity contribution in [2.24, 2.45) is 0 Å². The van der Waals surface area contributed by atoms with E-state index in [-0.39, 0.29) is 75.2 Å². The number of ether oxygens (including phenoxy) is 1. The van der Waals surface area contributed by atoms with Crippen LogP contribution >= 0.6 is 0 Å². The van der Waals surface area contributed by atoms with Gasteiger partial charge in [-0.15, -0.1) is 0 Å². The Morgan fingerprint density at radius 3 is 1.78 bits per heavy atom. The molecule has 0 fully saturated rings. The number of imide groups is 1. The summed E-state index contributed by atoms with van der Waals surface area (Å²) in [7, 11) is 0. The molecule has 0 unspecified atom stereocenters. The Morgan fingerprint density at radius 1 is 0.686 bits per heavy atom. The van der Waals surface area contributed by atoms with Gasteiger partial charge in [-0.2, -0.15) is 26.3 Å². The minimum Gasteiger partial charge on any atom is -0.548 e. The number of alkyl halides is 6. The molecule has 0 atom stereocenters. The van der Waals surface area contributed by atoms with Gasteiger partial charge in [0.15, 0.2) is 0 Å². The number of hydrogen-bond acceptors (Lipinski definition) is 8. The van der Waals surface area contributed by atoms with Crippen molar-refractivity contribution in [1.82, 2.24) is 4.90 Å². The summed E-state index contributed by atoms with van der Waals surface area (Å²) in [5.74, 6) is -4.15. The Bertz CT molecular complexity index is 2070. The van der Waals surface area contributed by atoms with E-state index < -0.39 is 61.2 Å². The summed E-state index contributed by atoms with van der Waals surface area (Å²) in [6.45, 7) is -3.78. The molecule has 0 aliphatic carbocycles. The molecular weight excluding hydrogens is 681 g/mol. The number of carboxylic acids is 1. The van der Waals surface area contributed by atoms with E-state index >= 15 is 0 Å². The van der Waals surface area contributed by atoms with Crippen molar-refractivity contribution in [3.05, 3.63) is 112 Å². The molecule has 3 heterocycles. The van der Waals surface area contributed by atoms with Crippen molar-refractivity contribution in [3.8, 4) is 11.5 Å². The van der Waals surface area contributed by atoms with Crippen molar-refractivity contribution in [2.75, 3.05) is 35.2 Å². The third-order valence-electron chi connectivity index (χ3n) is 8.53. The van der Waals surface area contributed by atoms with Crippen LogP contribution in [0.4, 0.5) is 43.4 Å². The number of halogens is 6. The Labute approximate surface area is 296 Å². The topological polar surface area (TPSA) is 131 Å². The van der Waals surface area contributed by atoms with Crippen LogP contribution < -0.4 is 44.2 Å². The first kappa shape index (κ1) is 35.4. The van der Waals surface area contributed by atoms with Gasteiger partial charge in [-0.1, -0.05) is 30.3 Å². The number of benzene rings is 4. The van der Waals surface area contributed by atoms with E-state index in [1.54, 1.807) is 18.2 Å². The van der Waals surface area contributed by atoms with Crippen molar-refractivity contribution < 1.29 is 74.2 Å². The number of carbonyl (C=O) groups excluding carboxylic acids is 4. The zero-order chi connectivity index (χ0) is 35.7. The summed E-state index contributed by atoms with van der Waals surface area (Å²) >= 11 is 0. The Morgan fingerprint density at radius 2 is 1.24 bits per heavy atom. The first-order valence-corrected chi connectivity index (χ1v) is 14.8. The molecule has 17 heteroatoms. The molecule has 0 bridgehead atoms. The molecule has 4 aromatic rings. The Balaban J connectivity index is 0.00000448. The molecular formula is C34H21F6LiN4O6. The van der Waals surface area contributed by atoms with Crippen LogP contribution in [-0.4, -0.2) is 60.6 Å². The van der Waals surface area contributed by atoms with E-state index in [0.717, 1.165) is 0 Å². The van der Waals surface area contributed by atoms with Gasteiger partial charge in [0.1, 0.15) is 30.1 Å². The van der Waals surface area contributed by atoms with Crippen LogP contribution in [0.25, 0.3) is 0 Å². The molecule has 1 spiro atoms. The normalized spacial score (nSPS) is 15.5. The molecule has 2 N–H and O–H groups in total. The minimum atomic E-state index is -4.57. The second-order valence-electron chi connectivity index (χ2n) is 11.7. The predicted octanol–water partition coefficient (Wildman–Crippen LogP) is 2.04. The van der Waals surface area contributed by atoms with Crippen LogP contribution in [0.3, 0.4) is 0 Å². The molecule has 51 heavy (non-hydrogen) atoms. The number of hydrogen-bond donors (Lipinski definition) is 2. The quantitative estimate of drug-likeness (QED) is 0.170. The second-order valence-corrected chi connectivity index (χ2v) is 11.7. The first-order chi connectivity index (χ1) is 23.6. The average molecular weight is 702 g/mol. The maximum Gasteiger partial charge on any atom is 1.00 e. The van der Waals surface area contributed by atoms with Gasteiger partial charge in [0.25, 0.3) is 17.7 Å². The predicted molar refractivity (Wildman–Crippen MR) is 162 cm³/mol. The maximum atomic E-state index is 14.5. The molecule has 3 aliphatic heterocycles. The van der Waals surface area contributed by atoms with Crippen LogP contribution in [0.1, 0.15) is 47.8 Å². The van der Waals surface area contributed by atoms with Gasteiger partial charge in [0, 0.05) is 51.4 Å². The third kappa shape index (κ3) is 5.93. The zero-order valence-corrected chi connectivity index (χ0v) is 26.2. The number of anilines is 3. The molecule has 3 amide bonds. The van der Waals surface area contributed by atoms with E-state index in [9.17, 15) is 50.6 Å². The third-order valence-corrected chi connectivity index (χ3v) is 8.53. The van der Waals surface area contributed by atoms with Gasteiger partial charge >= 0.3 is 31.2 Å². The summed E-state index contributed by atoms with van der Waals surface area (Å²) < 4.78 is 84.7. The number of rotatable bonds is 7. The number of amides is 3. The van der Waals surface area contributed by atoms with Crippen molar-refractivity contribution in [1.29, 1.82) is 0 Å². The van der Waals surface area contributed by atoms with Crippen LogP contribution in [0, 0.1) is 0 Å². The number of carboxylic acid groups (broad SMARTS) is 1. The summed E-state index contributed by atoms with van der Waals surface area (Å²) in [5.41, 5.74) is -0.849. The van der Waals surface area contributed by atoms with Gasteiger partial charge in [0.2, 0.25) is 0 Å². The average Bonchev–Trinajstić information content (AvgIpc) is 3.44. The number of aliphatic carboxylic acids is 1. The van der Waals surface area contributed by atoms with Gasteiger partial charge in [-0.05, 0) is 36.4 Å². The van der Waals surface area contributed by atoms with Gasteiger partial charge in [-0.3, -0.25) is 24.2 Å². The van der Waals surface area contributed by atoms with Crippen molar-refractivity contribution in [3.63, 3.8) is 0 Å². The molecule has 256 valence electrons. The molecule has 4 aromatic carbocycles. The fourth-order valence-electron chi connectivity index (χ4n) is 6.61. The van der Waals surface area contributed by atoms with Gasteiger partial charge < -0.3 is 25.3 Å². The molecule has 3 aliphatic rings. The number of nitrogens with one attached hydrogen (secondary N) is 2. The zero-order valence-electron chi connectivity index (χ0n) is 26.2. The van der Waals surface area contributed by atoms with E-state index in [1.807, 2.05) is 0 Å². The summed E-state index contributed by atoms with van der Waals surface area (Å²) in [5, 5.41) is 15.8. The van der Waals surface area contributed by atoms with Crippen LogP contribution in [0.2, 0.25) is 0 Å². The van der Waals surface area contributed by atoms with Crippen molar-refractivity contribution >= 4 is 40.8 Å². The molecule has 0 saturated heterocycles. The Kier molecular flexibility index (Phi) is 8.59. The smallest absolute Gasteiger partial charge is 0.548 e. The summed E-state index contributed by atoms with van der Waals surface area (Å²) in [6.07, 6.45) is -9.14. The van der Waals surface area contributed by atoms with E-state index in [2.05, 4.69) is 10.6 Å². The number of fused-ring (bicyclic) bond motifs is 7. The number of carbonyl (C=O) groups is 4. The minimum absolute atomic E-state index is 0. The summed E-state index contributed by atoms with van der Waals surface area (Å²) in [6, 6.07) is 18.5. The van der Waals surface area contributed by atoms with Crippen LogP contribution in [0.5, 0.6) is 11.5 Å². The molecule has 0 radical (unpaired) electrons. The molecule has 10 nitrogen and oxygen atoms in total. The van der Waals surface area contributed by atoms with E-state index in [4.69, 9.17) is 4.74 Å². The summed E-state index contributed by atoms with van der Waals surface area (Å²) in [4.78, 5) is 53.7. The van der Waals surface area contributed by atoms with E-state index in [0.29, 0.717) is 10.5 Å². The van der Waals surface area contributed by atoms with Gasteiger partial charge in [0.05, 0.1) is 23.6 Å². The fraction of sp³-hybridized carbons (Fsp3) is 0.176. The van der Waals surface area contributed by atoms with Crippen LogP contribution in [0.15, 0.2) is 78.9 Å². The largest absolute Gasteiger partial charge is 1.00 e. The van der Waals surface area contributed by atoms with Crippen molar-refractivity contribution in [2.45, 2.75) is 17.9 Å². The van der Waals surface area contributed by atoms with Crippen LogP contribution in [-0.2, 0) is 10.3 Å². The second kappa shape index (κ2) is 12.4. The standard InChI is InChI=1S/C34H22F6N4O6.Li/c35-32(36,37)15-41-17-5-9-24-26(11-17)50-27-12-18(42-16-33(38,39)40)6-10-25(27)34(24)23-4-2-1-3-21(23)31(49)44(34)19-7-8-20-22(13-19)30(48)43(29(20)47)14-28(45)46;/h1-13,41-42H,14-16H2,(H,45,46);/q;+1/p-1. The maximum absolute atomic E-state index is 14.5. The Hall–Kier alpha value is -5.46. The first-order valence-electron chi connectivity index (χ1n) is 14.8. The number of nitrogens with zero attached hydrogens (tertiary/aromatic N) is 2.